The zero-order valence-electron chi connectivity index (χ0n) is 11.4. The maximum Gasteiger partial charge on any atom is 0.508 e. The number of ether oxygens (including phenoxy) is 2. The fraction of sp³-hybridized carbons (Fsp3) is 0.312. The van der Waals surface area contributed by atoms with Crippen LogP contribution in [0.1, 0.15) is 6.42 Å². The molecule has 0 aliphatic carbocycles. The van der Waals surface area contributed by atoms with Gasteiger partial charge in [0.25, 0.3) is 0 Å². The lowest BCUT2D eigenvalue weighted by atomic mass is 10.1. The van der Waals surface area contributed by atoms with Gasteiger partial charge in [-0.05, 0) is 17.5 Å². The number of benzene rings is 2. The van der Waals surface area contributed by atoms with Gasteiger partial charge in [-0.15, -0.1) is 0 Å². The number of fused-ring (bicyclic) bond motifs is 1. The molecule has 0 N–H and O–H groups in total. The molecule has 1 fully saturated rings. The molecule has 20 heavy (non-hydrogen) atoms. The van der Waals surface area contributed by atoms with Gasteiger partial charge >= 0.3 is 6.16 Å². The molecule has 1 aliphatic rings. The van der Waals surface area contributed by atoms with Crippen LogP contribution in [-0.4, -0.2) is 30.9 Å². The summed E-state index contributed by atoms with van der Waals surface area (Å²) in [4.78, 5) is 12.6. The number of rotatable bonds is 2. The van der Waals surface area contributed by atoms with E-state index in [4.69, 9.17) is 4.74 Å². The third-order valence-electron chi connectivity index (χ3n) is 3.56. The number of hydrogen-bond donors (Lipinski definition) is 0. The predicted octanol–water partition coefficient (Wildman–Crippen LogP) is 3.37. The molecular formula is C16H17O3S+. The van der Waals surface area contributed by atoms with Crippen molar-refractivity contribution in [3.8, 4) is 0 Å². The third kappa shape index (κ3) is 2.61. The van der Waals surface area contributed by atoms with Crippen LogP contribution < -0.4 is 0 Å². The molecule has 0 radical (unpaired) electrons. The molecule has 0 amide bonds. The van der Waals surface area contributed by atoms with Crippen LogP contribution in [0.25, 0.3) is 10.8 Å². The molecule has 0 spiro atoms. The largest absolute Gasteiger partial charge is 0.508 e. The second-order valence-corrected chi connectivity index (χ2v) is 6.99. The smallest absolute Gasteiger partial charge is 0.438 e. The predicted molar refractivity (Wildman–Crippen MR) is 81.2 cm³/mol. The molecule has 2 aromatic rings. The summed E-state index contributed by atoms with van der Waals surface area (Å²) in [6, 6.07) is 14.9. The van der Waals surface area contributed by atoms with Crippen molar-refractivity contribution in [3.05, 3.63) is 42.5 Å². The van der Waals surface area contributed by atoms with Gasteiger partial charge in [-0.25, -0.2) is 4.79 Å². The first kappa shape index (κ1) is 13.3. The van der Waals surface area contributed by atoms with E-state index in [0.717, 1.165) is 17.9 Å². The number of hydrogen-bond acceptors (Lipinski definition) is 3. The highest BCUT2D eigenvalue weighted by Crippen LogP contribution is 2.30. The van der Waals surface area contributed by atoms with Crippen molar-refractivity contribution in [2.24, 2.45) is 0 Å². The Morgan fingerprint density at radius 1 is 1.20 bits per heavy atom. The summed E-state index contributed by atoms with van der Waals surface area (Å²) in [5, 5.41) is 2.59. The van der Waals surface area contributed by atoms with E-state index in [0.29, 0.717) is 0 Å². The molecule has 2 unspecified atom stereocenters. The minimum Gasteiger partial charge on any atom is -0.438 e. The summed E-state index contributed by atoms with van der Waals surface area (Å²) in [6.07, 6.45) is 0.338. The normalized spacial score (nSPS) is 21.9. The van der Waals surface area contributed by atoms with Gasteiger partial charge in [-0.3, -0.25) is 0 Å². The molecule has 2 aromatic carbocycles. The molecule has 3 rings (SSSR count). The molecule has 3 nitrogen and oxygen atoms in total. The summed E-state index contributed by atoms with van der Waals surface area (Å²) < 4.78 is 9.84. The van der Waals surface area contributed by atoms with E-state index in [1.54, 1.807) is 0 Å². The third-order valence-corrected chi connectivity index (χ3v) is 6.04. The van der Waals surface area contributed by atoms with Crippen molar-refractivity contribution in [1.82, 2.24) is 0 Å². The highest BCUT2D eigenvalue weighted by Gasteiger charge is 2.38. The molecule has 0 aromatic heterocycles. The van der Waals surface area contributed by atoms with E-state index < -0.39 is 6.16 Å². The Morgan fingerprint density at radius 3 is 2.85 bits per heavy atom. The molecule has 1 saturated heterocycles. The van der Waals surface area contributed by atoms with E-state index >= 15 is 0 Å². The average molecular weight is 289 g/mol. The van der Waals surface area contributed by atoms with E-state index in [2.05, 4.69) is 47.2 Å². The maximum absolute atomic E-state index is 11.2. The molecule has 4 heteroatoms. The van der Waals surface area contributed by atoms with Crippen molar-refractivity contribution >= 4 is 27.8 Å². The van der Waals surface area contributed by atoms with E-state index in [9.17, 15) is 4.79 Å². The van der Waals surface area contributed by atoms with Crippen LogP contribution in [0.2, 0.25) is 0 Å². The Balaban J connectivity index is 1.81. The van der Waals surface area contributed by atoms with Gasteiger partial charge < -0.3 is 9.47 Å². The Bertz CT molecular complexity index is 621. The summed E-state index contributed by atoms with van der Waals surface area (Å²) in [7, 11) is 1.50. The highest BCUT2D eigenvalue weighted by molar-refractivity contribution is 7.97. The van der Waals surface area contributed by atoms with E-state index in [1.807, 2.05) is 0 Å². The molecule has 0 bridgehead atoms. The van der Waals surface area contributed by atoms with Crippen LogP contribution in [0.4, 0.5) is 4.79 Å². The SMILES string of the molecule is COC(=O)OC1CC[S+](c2cccc3ccccc23)C1. The maximum atomic E-state index is 11.2. The van der Waals surface area contributed by atoms with Crippen molar-refractivity contribution in [2.45, 2.75) is 17.4 Å². The lowest BCUT2D eigenvalue weighted by Gasteiger charge is -2.08. The number of methoxy groups -OCH3 is 1. The lowest BCUT2D eigenvalue weighted by molar-refractivity contribution is 0.0460. The molecule has 104 valence electrons. The monoisotopic (exact) mass is 289 g/mol. The lowest BCUT2D eigenvalue weighted by Crippen LogP contribution is -2.19. The van der Waals surface area contributed by atoms with Crippen LogP contribution in [0, 0.1) is 0 Å². The van der Waals surface area contributed by atoms with Gasteiger partial charge in [0.05, 0.1) is 7.11 Å². The van der Waals surface area contributed by atoms with Crippen LogP contribution in [0.3, 0.4) is 0 Å². The van der Waals surface area contributed by atoms with Gasteiger partial charge in [0.2, 0.25) is 0 Å². The molecule has 2 atom stereocenters. The summed E-state index contributed by atoms with van der Waals surface area (Å²) in [6.45, 7) is 0. The van der Waals surface area contributed by atoms with Crippen LogP contribution in [0.5, 0.6) is 0 Å². The van der Waals surface area contributed by atoms with Crippen LogP contribution >= 0.6 is 0 Å². The molecule has 0 saturated carbocycles. The molecule has 1 aliphatic heterocycles. The van der Waals surface area contributed by atoms with E-state index in [-0.39, 0.29) is 17.0 Å². The van der Waals surface area contributed by atoms with E-state index in [1.165, 1.54) is 22.8 Å². The molecular weight excluding hydrogens is 272 g/mol. The highest BCUT2D eigenvalue weighted by atomic mass is 32.2. The zero-order chi connectivity index (χ0) is 13.9. The topological polar surface area (TPSA) is 35.5 Å². The van der Waals surface area contributed by atoms with Gasteiger partial charge in [0, 0.05) is 22.7 Å². The Morgan fingerprint density at radius 2 is 2.00 bits per heavy atom. The van der Waals surface area contributed by atoms with Crippen LogP contribution in [0.15, 0.2) is 47.4 Å². The quantitative estimate of drug-likeness (QED) is 0.628. The van der Waals surface area contributed by atoms with Gasteiger partial charge in [-0.2, -0.15) is 0 Å². The van der Waals surface area contributed by atoms with Gasteiger partial charge in [0.1, 0.15) is 5.75 Å². The summed E-state index contributed by atoms with van der Waals surface area (Å²) >= 11 is 0. The number of carbonyl (C=O) groups excluding carboxylic acids is 1. The Labute approximate surface area is 121 Å². The Kier molecular flexibility index (Phi) is 3.83. The first-order chi connectivity index (χ1) is 9.78. The van der Waals surface area contributed by atoms with Gasteiger partial charge in [0.15, 0.2) is 16.8 Å². The zero-order valence-corrected chi connectivity index (χ0v) is 12.2. The van der Waals surface area contributed by atoms with Gasteiger partial charge in [-0.1, -0.05) is 30.3 Å². The standard InChI is InChI=1S/C16H17O3S/c1-18-16(17)19-13-9-10-20(11-13)15-8-4-6-12-5-2-3-7-14(12)15/h2-8,13H,9-11H2,1H3/q+1. The fourth-order valence-electron chi connectivity index (χ4n) is 2.59. The molecule has 1 heterocycles. The number of carbonyl (C=O) groups is 1. The van der Waals surface area contributed by atoms with Crippen molar-refractivity contribution < 1.29 is 14.3 Å². The van der Waals surface area contributed by atoms with Crippen molar-refractivity contribution in [3.63, 3.8) is 0 Å². The first-order valence-electron chi connectivity index (χ1n) is 6.68. The Hall–Kier alpha value is -1.68. The second kappa shape index (κ2) is 5.75. The minimum atomic E-state index is -0.571. The fourth-order valence-corrected chi connectivity index (χ4v) is 5.15. The van der Waals surface area contributed by atoms with Crippen molar-refractivity contribution in [1.29, 1.82) is 0 Å². The first-order valence-corrected chi connectivity index (χ1v) is 8.24. The van der Waals surface area contributed by atoms with Crippen molar-refractivity contribution in [2.75, 3.05) is 18.6 Å². The summed E-state index contributed by atoms with van der Waals surface area (Å²) in [5.74, 6) is 1.98. The van der Waals surface area contributed by atoms with Crippen LogP contribution in [-0.2, 0) is 20.4 Å². The average Bonchev–Trinajstić information content (AvgIpc) is 2.94. The summed E-state index contributed by atoms with van der Waals surface area (Å²) in [5.41, 5.74) is 0. The second-order valence-electron chi connectivity index (χ2n) is 4.82. The minimum absolute atomic E-state index is 0.00949.